The standard InChI is InChI=1S/C19H24N4O4S/c1-13(2)22-19(25)23-16-5-3-4-15(12-16)18(24)21-11-10-14-6-8-17(9-7-14)28(20,26)27/h3-9,12-13H,10-11H2,1-2H3,(H,21,24)(H2,20,26,27)(H2,22,23,25). The molecular weight excluding hydrogens is 380 g/mol. The van der Waals surface area contributed by atoms with Crippen LogP contribution in [0.4, 0.5) is 10.5 Å². The molecule has 0 bridgehead atoms. The zero-order chi connectivity index (χ0) is 20.7. The number of primary sulfonamides is 1. The minimum absolute atomic E-state index is 0.00510. The predicted octanol–water partition coefficient (Wildman–Crippen LogP) is 1.84. The van der Waals surface area contributed by atoms with Crippen molar-refractivity contribution < 1.29 is 18.0 Å². The normalized spacial score (nSPS) is 11.1. The number of sulfonamides is 1. The molecule has 0 aliphatic heterocycles. The zero-order valence-corrected chi connectivity index (χ0v) is 16.5. The van der Waals surface area contributed by atoms with Crippen molar-refractivity contribution in [2.24, 2.45) is 5.14 Å². The Hall–Kier alpha value is -2.91. The highest BCUT2D eigenvalue weighted by atomic mass is 32.2. The van der Waals surface area contributed by atoms with E-state index < -0.39 is 10.0 Å². The summed E-state index contributed by atoms with van der Waals surface area (Å²) >= 11 is 0. The fourth-order valence-electron chi connectivity index (χ4n) is 2.44. The molecule has 3 amide bonds. The smallest absolute Gasteiger partial charge is 0.319 e. The Morgan fingerprint density at radius 2 is 1.75 bits per heavy atom. The van der Waals surface area contributed by atoms with Crippen LogP contribution in [-0.2, 0) is 16.4 Å². The molecule has 2 aromatic carbocycles. The molecule has 0 fully saturated rings. The van der Waals surface area contributed by atoms with Crippen molar-refractivity contribution in [1.29, 1.82) is 0 Å². The minimum atomic E-state index is -3.71. The Morgan fingerprint density at radius 1 is 1.07 bits per heavy atom. The molecule has 2 rings (SSSR count). The lowest BCUT2D eigenvalue weighted by molar-refractivity contribution is 0.0954. The van der Waals surface area contributed by atoms with Crippen molar-refractivity contribution in [1.82, 2.24) is 10.6 Å². The van der Waals surface area contributed by atoms with Gasteiger partial charge in [-0.2, -0.15) is 0 Å². The van der Waals surface area contributed by atoms with Gasteiger partial charge in [-0.1, -0.05) is 18.2 Å². The number of carbonyl (C=O) groups is 2. The van der Waals surface area contributed by atoms with Gasteiger partial charge in [0.2, 0.25) is 10.0 Å². The maximum atomic E-state index is 12.3. The van der Waals surface area contributed by atoms with Crippen molar-refractivity contribution in [3.05, 3.63) is 59.7 Å². The molecule has 2 aromatic rings. The van der Waals surface area contributed by atoms with Gasteiger partial charge in [0, 0.05) is 23.8 Å². The van der Waals surface area contributed by atoms with Crippen LogP contribution in [0, 0.1) is 0 Å². The van der Waals surface area contributed by atoms with Gasteiger partial charge in [-0.05, 0) is 56.2 Å². The van der Waals surface area contributed by atoms with Gasteiger partial charge in [-0.15, -0.1) is 0 Å². The second-order valence-corrected chi connectivity index (χ2v) is 8.09. The Balaban J connectivity index is 1.89. The first-order valence-corrected chi connectivity index (χ1v) is 10.3. The van der Waals surface area contributed by atoms with Crippen LogP contribution in [0.3, 0.4) is 0 Å². The lowest BCUT2D eigenvalue weighted by atomic mass is 10.1. The second kappa shape index (κ2) is 9.34. The van der Waals surface area contributed by atoms with Crippen LogP contribution in [0.1, 0.15) is 29.8 Å². The summed E-state index contributed by atoms with van der Waals surface area (Å²) in [6.07, 6.45) is 0.533. The number of nitrogens with two attached hydrogens (primary N) is 1. The van der Waals surface area contributed by atoms with Crippen LogP contribution in [0.5, 0.6) is 0 Å². The molecular formula is C19H24N4O4S. The molecule has 0 heterocycles. The van der Waals surface area contributed by atoms with Crippen molar-refractivity contribution in [3.8, 4) is 0 Å². The van der Waals surface area contributed by atoms with E-state index in [0.29, 0.717) is 24.2 Å². The van der Waals surface area contributed by atoms with Crippen LogP contribution in [-0.4, -0.2) is 32.9 Å². The van der Waals surface area contributed by atoms with E-state index >= 15 is 0 Å². The Morgan fingerprint density at radius 3 is 2.36 bits per heavy atom. The van der Waals surface area contributed by atoms with Crippen LogP contribution in [0.25, 0.3) is 0 Å². The Bertz CT molecular complexity index is 941. The Kier molecular flexibility index (Phi) is 7.13. The molecule has 0 aromatic heterocycles. The number of benzene rings is 2. The van der Waals surface area contributed by atoms with Crippen LogP contribution >= 0.6 is 0 Å². The van der Waals surface area contributed by atoms with Gasteiger partial charge >= 0.3 is 6.03 Å². The highest BCUT2D eigenvalue weighted by Crippen LogP contribution is 2.11. The Labute approximate surface area is 164 Å². The monoisotopic (exact) mass is 404 g/mol. The summed E-state index contributed by atoms with van der Waals surface area (Å²) in [6.45, 7) is 4.08. The number of hydrogen-bond acceptors (Lipinski definition) is 4. The molecule has 28 heavy (non-hydrogen) atoms. The largest absolute Gasteiger partial charge is 0.352 e. The SMILES string of the molecule is CC(C)NC(=O)Nc1cccc(C(=O)NCCc2ccc(S(N)(=O)=O)cc2)c1. The molecule has 0 saturated carbocycles. The maximum Gasteiger partial charge on any atom is 0.319 e. The van der Waals surface area contributed by atoms with Crippen molar-refractivity contribution >= 4 is 27.6 Å². The number of urea groups is 1. The minimum Gasteiger partial charge on any atom is -0.352 e. The lowest BCUT2D eigenvalue weighted by Crippen LogP contribution is -2.34. The third-order valence-electron chi connectivity index (χ3n) is 3.75. The van der Waals surface area contributed by atoms with Gasteiger partial charge in [-0.3, -0.25) is 4.79 Å². The lowest BCUT2D eigenvalue weighted by Gasteiger charge is -2.11. The number of anilines is 1. The van der Waals surface area contributed by atoms with E-state index in [-0.39, 0.29) is 22.9 Å². The van der Waals surface area contributed by atoms with Crippen molar-refractivity contribution in [2.45, 2.75) is 31.2 Å². The van der Waals surface area contributed by atoms with E-state index in [1.807, 2.05) is 13.8 Å². The first kappa shape index (κ1) is 21.4. The van der Waals surface area contributed by atoms with E-state index in [9.17, 15) is 18.0 Å². The van der Waals surface area contributed by atoms with E-state index in [2.05, 4.69) is 16.0 Å². The number of hydrogen-bond donors (Lipinski definition) is 4. The molecule has 9 heteroatoms. The molecule has 0 saturated heterocycles. The molecule has 0 unspecified atom stereocenters. The summed E-state index contributed by atoms with van der Waals surface area (Å²) in [5.41, 5.74) is 1.81. The summed E-state index contributed by atoms with van der Waals surface area (Å²) in [5, 5.41) is 13.2. The zero-order valence-electron chi connectivity index (χ0n) is 15.7. The van der Waals surface area contributed by atoms with Gasteiger partial charge in [0.1, 0.15) is 0 Å². The van der Waals surface area contributed by atoms with E-state index in [0.717, 1.165) is 5.56 Å². The predicted molar refractivity (Wildman–Crippen MR) is 108 cm³/mol. The fraction of sp³-hybridized carbons (Fsp3) is 0.263. The highest BCUT2D eigenvalue weighted by Gasteiger charge is 2.09. The summed E-state index contributed by atoms with van der Waals surface area (Å²) in [5.74, 6) is -0.269. The molecule has 150 valence electrons. The van der Waals surface area contributed by atoms with Gasteiger partial charge in [-0.25, -0.2) is 18.4 Å². The average Bonchev–Trinajstić information content (AvgIpc) is 2.60. The van der Waals surface area contributed by atoms with E-state index in [1.165, 1.54) is 12.1 Å². The molecule has 0 atom stereocenters. The van der Waals surface area contributed by atoms with E-state index in [4.69, 9.17) is 5.14 Å². The quantitative estimate of drug-likeness (QED) is 0.561. The highest BCUT2D eigenvalue weighted by molar-refractivity contribution is 7.89. The van der Waals surface area contributed by atoms with Crippen molar-refractivity contribution in [2.75, 3.05) is 11.9 Å². The maximum absolute atomic E-state index is 12.3. The van der Waals surface area contributed by atoms with Gasteiger partial charge < -0.3 is 16.0 Å². The number of amides is 3. The molecule has 8 nitrogen and oxygen atoms in total. The van der Waals surface area contributed by atoms with Gasteiger partial charge in [0.05, 0.1) is 4.90 Å². The van der Waals surface area contributed by atoms with E-state index in [1.54, 1.807) is 36.4 Å². The third-order valence-corrected chi connectivity index (χ3v) is 4.68. The van der Waals surface area contributed by atoms with Crippen LogP contribution < -0.4 is 21.1 Å². The fourth-order valence-corrected chi connectivity index (χ4v) is 2.95. The molecule has 0 aliphatic carbocycles. The molecule has 0 aliphatic rings. The average molecular weight is 404 g/mol. The third kappa shape index (κ3) is 6.67. The first-order valence-electron chi connectivity index (χ1n) is 8.72. The number of carbonyl (C=O) groups excluding carboxylic acids is 2. The summed E-state index contributed by atoms with van der Waals surface area (Å²) < 4.78 is 22.5. The molecule has 0 radical (unpaired) electrons. The number of rotatable bonds is 7. The second-order valence-electron chi connectivity index (χ2n) is 6.53. The molecule has 0 spiro atoms. The number of nitrogens with one attached hydrogen (secondary N) is 3. The molecule has 5 N–H and O–H groups in total. The van der Waals surface area contributed by atoms with Gasteiger partial charge in [0.25, 0.3) is 5.91 Å². The summed E-state index contributed by atoms with van der Waals surface area (Å²) in [7, 11) is -3.71. The van der Waals surface area contributed by atoms with Gasteiger partial charge in [0.15, 0.2) is 0 Å². The summed E-state index contributed by atoms with van der Waals surface area (Å²) in [6, 6.07) is 12.5. The van der Waals surface area contributed by atoms with Crippen LogP contribution in [0.15, 0.2) is 53.4 Å². The first-order chi connectivity index (χ1) is 13.1. The van der Waals surface area contributed by atoms with Crippen molar-refractivity contribution in [3.63, 3.8) is 0 Å². The topological polar surface area (TPSA) is 130 Å². The van der Waals surface area contributed by atoms with Crippen LogP contribution in [0.2, 0.25) is 0 Å². The summed E-state index contributed by atoms with van der Waals surface area (Å²) in [4.78, 5) is 24.1.